The van der Waals surface area contributed by atoms with Crippen molar-refractivity contribution >= 4 is 45.1 Å². The Morgan fingerprint density at radius 1 is 1.35 bits per heavy atom. The summed E-state index contributed by atoms with van der Waals surface area (Å²) in [5.74, 6) is -0.158. The average Bonchev–Trinajstić information content (AvgIpc) is 2.81. The molecule has 2 aromatic heterocycles. The lowest BCUT2D eigenvalue weighted by atomic mass is 10.2. The predicted octanol–water partition coefficient (Wildman–Crippen LogP) is 2.04. The molecule has 2 N–H and O–H groups in total. The molecule has 0 aliphatic rings. The van der Waals surface area contributed by atoms with Crippen LogP contribution in [0.25, 0.3) is 10.2 Å². The van der Waals surface area contributed by atoms with Crippen molar-refractivity contribution in [1.82, 2.24) is 20.6 Å². The highest BCUT2D eigenvalue weighted by molar-refractivity contribution is 8.00. The van der Waals surface area contributed by atoms with E-state index in [0.29, 0.717) is 6.54 Å². The van der Waals surface area contributed by atoms with Gasteiger partial charge in [0.05, 0.1) is 5.75 Å². The molecule has 6 nitrogen and oxygen atoms in total. The largest absolute Gasteiger partial charge is 0.355 e. The van der Waals surface area contributed by atoms with Crippen molar-refractivity contribution in [3.63, 3.8) is 0 Å². The number of hydrogen-bond acceptors (Lipinski definition) is 6. The van der Waals surface area contributed by atoms with E-state index in [1.54, 1.807) is 18.3 Å². The average molecular weight is 352 g/mol. The molecule has 0 aliphatic carbocycles. The first kappa shape index (κ1) is 17.7. The lowest BCUT2D eigenvalue weighted by molar-refractivity contribution is -0.127. The normalized spacial score (nSPS) is 12.2. The molecule has 0 saturated heterocycles. The molecule has 0 spiro atoms. The van der Waals surface area contributed by atoms with E-state index >= 15 is 0 Å². The molecule has 23 heavy (non-hydrogen) atoms. The van der Waals surface area contributed by atoms with E-state index in [1.807, 2.05) is 13.8 Å². The van der Waals surface area contributed by atoms with Gasteiger partial charge in [-0.3, -0.25) is 9.59 Å². The molecule has 1 atom stereocenters. The van der Waals surface area contributed by atoms with E-state index in [9.17, 15) is 9.59 Å². The Hall–Kier alpha value is -1.67. The maximum Gasteiger partial charge on any atom is 0.242 e. The third kappa shape index (κ3) is 4.20. The standard InChI is InChI=1S/C15H20N4O2S2/c1-5-16-13(21)9(3)19-11(20)6-22-14-12-8(2)10(4)23-15(12)18-7-17-14/h7,9H,5-6H2,1-4H3,(H,16,21)(H,19,20)/t9-/m0/s1. The van der Waals surface area contributed by atoms with Gasteiger partial charge in [-0.2, -0.15) is 0 Å². The fourth-order valence-corrected chi connectivity index (χ4v) is 4.00. The SMILES string of the molecule is CCNC(=O)[C@H](C)NC(=O)CSc1ncnc2sc(C)c(C)c12. The number of hydrogen-bond donors (Lipinski definition) is 2. The Kier molecular flexibility index (Phi) is 5.95. The first-order chi connectivity index (χ1) is 10.9. The molecule has 124 valence electrons. The molecule has 2 rings (SSSR count). The van der Waals surface area contributed by atoms with Crippen LogP contribution in [0.3, 0.4) is 0 Å². The van der Waals surface area contributed by atoms with Gasteiger partial charge in [0.2, 0.25) is 11.8 Å². The third-order valence-corrected chi connectivity index (χ3v) is 5.50. The maximum atomic E-state index is 12.0. The molecular formula is C15H20N4O2S2. The fraction of sp³-hybridized carbons (Fsp3) is 0.467. The van der Waals surface area contributed by atoms with Crippen molar-refractivity contribution in [3.05, 3.63) is 16.8 Å². The molecule has 0 radical (unpaired) electrons. The van der Waals surface area contributed by atoms with Crippen molar-refractivity contribution in [2.45, 2.75) is 38.8 Å². The zero-order valence-corrected chi connectivity index (χ0v) is 15.2. The summed E-state index contributed by atoms with van der Waals surface area (Å²) < 4.78 is 0. The highest BCUT2D eigenvalue weighted by Gasteiger charge is 2.17. The molecule has 2 aromatic rings. The number of amides is 2. The number of nitrogens with one attached hydrogen (secondary N) is 2. The van der Waals surface area contributed by atoms with Crippen molar-refractivity contribution in [3.8, 4) is 0 Å². The molecule has 8 heteroatoms. The zero-order valence-electron chi connectivity index (χ0n) is 13.6. The molecule has 0 aromatic carbocycles. The van der Waals surface area contributed by atoms with Crippen molar-refractivity contribution in [2.24, 2.45) is 0 Å². The highest BCUT2D eigenvalue weighted by Crippen LogP contribution is 2.34. The molecule has 0 bridgehead atoms. The molecule has 0 saturated carbocycles. The third-order valence-electron chi connectivity index (χ3n) is 3.39. The van der Waals surface area contributed by atoms with Gasteiger partial charge in [0.1, 0.15) is 22.2 Å². The van der Waals surface area contributed by atoms with Gasteiger partial charge in [-0.05, 0) is 33.3 Å². The highest BCUT2D eigenvalue weighted by atomic mass is 32.2. The topological polar surface area (TPSA) is 84.0 Å². The summed E-state index contributed by atoms with van der Waals surface area (Å²) in [7, 11) is 0. The van der Waals surface area contributed by atoms with Crippen molar-refractivity contribution in [2.75, 3.05) is 12.3 Å². The molecule has 0 aliphatic heterocycles. The number of nitrogens with zero attached hydrogens (tertiary/aromatic N) is 2. The number of carbonyl (C=O) groups is 2. The van der Waals surface area contributed by atoms with Crippen LogP contribution in [-0.4, -0.2) is 40.1 Å². The summed E-state index contributed by atoms with van der Waals surface area (Å²) in [6.07, 6.45) is 1.52. The van der Waals surface area contributed by atoms with Gasteiger partial charge in [0.25, 0.3) is 0 Å². The van der Waals surface area contributed by atoms with Crippen LogP contribution in [0.1, 0.15) is 24.3 Å². The Morgan fingerprint density at radius 2 is 2.09 bits per heavy atom. The minimum Gasteiger partial charge on any atom is -0.355 e. The lowest BCUT2D eigenvalue weighted by Crippen LogP contribution is -2.45. The quantitative estimate of drug-likeness (QED) is 0.614. The summed E-state index contributed by atoms with van der Waals surface area (Å²) in [5.41, 5.74) is 1.16. The van der Waals surface area contributed by atoms with Crippen LogP contribution in [-0.2, 0) is 9.59 Å². The van der Waals surface area contributed by atoms with Crippen LogP contribution in [0.15, 0.2) is 11.4 Å². The number of fused-ring (bicyclic) bond motifs is 1. The van der Waals surface area contributed by atoms with Gasteiger partial charge in [-0.15, -0.1) is 11.3 Å². The molecule has 0 fully saturated rings. The molecule has 0 unspecified atom stereocenters. The Morgan fingerprint density at radius 3 is 2.78 bits per heavy atom. The van der Waals surface area contributed by atoms with Crippen LogP contribution in [0.4, 0.5) is 0 Å². The van der Waals surface area contributed by atoms with Crippen LogP contribution < -0.4 is 10.6 Å². The van der Waals surface area contributed by atoms with Gasteiger partial charge in [-0.1, -0.05) is 11.8 Å². The summed E-state index contributed by atoms with van der Waals surface area (Å²) in [4.78, 5) is 34.4. The second-order valence-electron chi connectivity index (χ2n) is 5.11. The van der Waals surface area contributed by atoms with E-state index in [4.69, 9.17) is 0 Å². The van der Waals surface area contributed by atoms with Crippen LogP contribution >= 0.6 is 23.1 Å². The predicted molar refractivity (Wildman–Crippen MR) is 93.9 cm³/mol. The van der Waals surface area contributed by atoms with Crippen LogP contribution in [0.2, 0.25) is 0 Å². The van der Waals surface area contributed by atoms with Crippen LogP contribution in [0, 0.1) is 13.8 Å². The molecule has 2 heterocycles. The van der Waals surface area contributed by atoms with Crippen LogP contribution in [0.5, 0.6) is 0 Å². The number of thioether (sulfide) groups is 1. The minimum atomic E-state index is -0.543. The second-order valence-corrected chi connectivity index (χ2v) is 7.28. The summed E-state index contributed by atoms with van der Waals surface area (Å²) >= 11 is 2.99. The minimum absolute atomic E-state index is 0.181. The summed E-state index contributed by atoms with van der Waals surface area (Å²) in [6.45, 7) is 8.15. The Balaban J connectivity index is 2.01. The zero-order chi connectivity index (χ0) is 17.0. The number of carbonyl (C=O) groups excluding carboxylic acids is 2. The van der Waals surface area contributed by atoms with Gasteiger partial charge < -0.3 is 10.6 Å². The van der Waals surface area contributed by atoms with E-state index in [-0.39, 0.29) is 17.6 Å². The maximum absolute atomic E-state index is 12.0. The number of aryl methyl sites for hydroxylation is 2. The summed E-state index contributed by atoms with van der Waals surface area (Å²) in [5, 5.41) is 7.19. The number of aromatic nitrogens is 2. The summed E-state index contributed by atoms with van der Waals surface area (Å²) in [6, 6.07) is -0.543. The molecular weight excluding hydrogens is 332 g/mol. The number of likely N-dealkylation sites (N-methyl/N-ethyl adjacent to an activating group) is 1. The number of rotatable bonds is 6. The van der Waals surface area contributed by atoms with E-state index < -0.39 is 6.04 Å². The van der Waals surface area contributed by atoms with E-state index in [0.717, 1.165) is 20.8 Å². The number of thiophene rings is 1. The van der Waals surface area contributed by atoms with Crippen molar-refractivity contribution < 1.29 is 9.59 Å². The van der Waals surface area contributed by atoms with Gasteiger partial charge >= 0.3 is 0 Å². The Bertz CT molecular complexity index is 730. The first-order valence-corrected chi connectivity index (χ1v) is 9.14. The first-order valence-electron chi connectivity index (χ1n) is 7.34. The van der Waals surface area contributed by atoms with Gasteiger partial charge in [0.15, 0.2) is 0 Å². The second kappa shape index (κ2) is 7.74. The molecule has 2 amide bonds. The monoisotopic (exact) mass is 352 g/mol. The van der Waals surface area contributed by atoms with E-state index in [1.165, 1.54) is 23.0 Å². The fourth-order valence-electron chi connectivity index (χ4n) is 2.07. The van der Waals surface area contributed by atoms with Gasteiger partial charge in [0, 0.05) is 16.8 Å². The smallest absolute Gasteiger partial charge is 0.242 e. The lowest BCUT2D eigenvalue weighted by Gasteiger charge is -2.13. The Labute approximate surface area is 143 Å². The van der Waals surface area contributed by atoms with Gasteiger partial charge in [-0.25, -0.2) is 9.97 Å². The van der Waals surface area contributed by atoms with E-state index in [2.05, 4.69) is 27.5 Å². The van der Waals surface area contributed by atoms with Crippen molar-refractivity contribution in [1.29, 1.82) is 0 Å².